The lowest BCUT2D eigenvalue weighted by Gasteiger charge is -2.40. The molecule has 0 bridgehead atoms. The number of fused-ring (bicyclic) bond motifs is 1. The Balaban J connectivity index is 0.00000256. The van der Waals surface area contributed by atoms with Crippen molar-refractivity contribution in [1.82, 2.24) is 16.0 Å². The van der Waals surface area contributed by atoms with Crippen LogP contribution in [0.4, 0.5) is 0 Å². The van der Waals surface area contributed by atoms with Gasteiger partial charge in [0.2, 0.25) is 5.91 Å². The number of carbonyl (C=O) groups is 1. The Morgan fingerprint density at radius 3 is 2.57 bits per heavy atom. The van der Waals surface area contributed by atoms with E-state index in [-0.39, 0.29) is 48.1 Å². The van der Waals surface area contributed by atoms with Gasteiger partial charge in [0.25, 0.3) is 0 Å². The predicted molar refractivity (Wildman–Crippen MR) is 131 cm³/mol. The van der Waals surface area contributed by atoms with Gasteiger partial charge in [-0.05, 0) is 44.6 Å². The number of benzene rings is 1. The lowest BCUT2D eigenvalue weighted by Crippen LogP contribution is -2.49. The number of hydrogen-bond acceptors (Lipinski definition) is 3. The maximum absolute atomic E-state index is 12.3. The summed E-state index contributed by atoms with van der Waals surface area (Å²) in [4.78, 5) is 16.7. The zero-order chi connectivity index (χ0) is 20.1. The number of nitrogens with one attached hydrogen (secondary N) is 3. The molecule has 166 valence electrons. The van der Waals surface area contributed by atoms with E-state index in [2.05, 4.69) is 39.1 Å². The molecule has 1 spiro atoms. The molecule has 0 saturated heterocycles. The Kier molecular flexibility index (Phi) is 8.25. The number of nitrogens with zero attached hydrogens (tertiary/aromatic N) is 1. The van der Waals surface area contributed by atoms with Gasteiger partial charge in [-0.3, -0.25) is 9.79 Å². The lowest BCUT2D eigenvalue weighted by atomic mass is 9.86. The van der Waals surface area contributed by atoms with E-state index in [0.29, 0.717) is 12.0 Å². The van der Waals surface area contributed by atoms with Crippen LogP contribution >= 0.6 is 24.0 Å². The van der Waals surface area contributed by atoms with Crippen molar-refractivity contribution in [2.45, 2.75) is 81.9 Å². The van der Waals surface area contributed by atoms with E-state index >= 15 is 0 Å². The van der Waals surface area contributed by atoms with Crippen molar-refractivity contribution in [2.75, 3.05) is 13.6 Å². The molecule has 2 aliphatic carbocycles. The summed E-state index contributed by atoms with van der Waals surface area (Å²) in [6.45, 7) is 0.242. The monoisotopic (exact) mass is 526 g/mol. The molecule has 30 heavy (non-hydrogen) atoms. The van der Waals surface area contributed by atoms with Crippen LogP contribution in [0.5, 0.6) is 5.75 Å². The number of amides is 1. The van der Waals surface area contributed by atoms with Crippen molar-refractivity contribution in [3.05, 3.63) is 29.8 Å². The van der Waals surface area contributed by atoms with Crippen LogP contribution in [0, 0.1) is 0 Å². The van der Waals surface area contributed by atoms with Crippen molar-refractivity contribution >= 4 is 35.8 Å². The van der Waals surface area contributed by atoms with Crippen LogP contribution in [0.1, 0.15) is 75.8 Å². The van der Waals surface area contributed by atoms with Crippen molar-refractivity contribution in [1.29, 1.82) is 0 Å². The second kappa shape index (κ2) is 10.7. The molecule has 1 aromatic rings. The smallest absolute Gasteiger partial charge is 0.239 e. The molecule has 1 aliphatic heterocycles. The number of ether oxygens (including phenoxy) is 1. The average Bonchev–Trinajstić information content (AvgIpc) is 3.19. The molecule has 0 aromatic heterocycles. The largest absolute Gasteiger partial charge is 0.487 e. The van der Waals surface area contributed by atoms with Crippen LogP contribution in [0.15, 0.2) is 29.3 Å². The summed E-state index contributed by atoms with van der Waals surface area (Å²) in [7, 11) is 1.75. The zero-order valence-corrected chi connectivity index (χ0v) is 20.2. The first-order chi connectivity index (χ1) is 14.2. The molecule has 1 aromatic carbocycles. The summed E-state index contributed by atoms with van der Waals surface area (Å²) < 4.78 is 6.44. The number of rotatable bonds is 4. The third-order valence-electron chi connectivity index (χ3n) is 6.63. The summed E-state index contributed by atoms with van der Waals surface area (Å²) in [6, 6.07) is 8.74. The molecule has 2 saturated carbocycles. The molecule has 6 nitrogen and oxygen atoms in total. The maximum Gasteiger partial charge on any atom is 0.239 e. The fourth-order valence-corrected chi connectivity index (χ4v) is 5.12. The molecule has 3 N–H and O–H groups in total. The third kappa shape index (κ3) is 5.59. The number of halogens is 1. The molecule has 2 fully saturated rings. The van der Waals surface area contributed by atoms with E-state index in [1.165, 1.54) is 37.7 Å². The molecular formula is C23H35IN4O2. The molecule has 3 aliphatic rings. The van der Waals surface area contributed by atoms with E-state index < -0.39 is 0 Å². The van der Waals surface area contributed by atoms with Crippen molar-refractivity contribution in [3.8, 4) is 5.75 Å². The number of para-hydroxylation sites is 1. The van der Waals surface area contributed by atoms with Gasteiger partial charge in [-0.2, -0.15) is 0 Å². The van der Waals surface area contributed by atoms with Gasteiger partial charge in [-0.25, -0.2) is 0 Å². The number of aliphatic imine (C=N–C) groups is 1. The van der Waals surface area contributed by atoms with E-state index in [0.717, 1.165) is 37.9 Å². The highest BCUT2D eigenvalue weighted by molar-refractivity contribution is 14.0. The second-order valence-corrected chi connectivity index (χ2v) is 8.76. The van der Waals surface area contributed by atoms with Gasteiger partial charge in [-0.15, -0.1) is 24.0 Å². The summed E-state index contributed by atoms with van der Waals surface area (Å²) in [5.74, 6) is 1.68. The number of hydrogen-bond donors (Lipinski definition) is 3. The highest BCUT2D eigenvalue weighted by Crippen LogP contribution is 2.46. The third-order valence-corrected chi connectivity index (χ3v) is 6.63. The Morgan fingerprint density at radius 2 is 1.83 bits per heavy atom. The van der Waals surface area contributed by atoms with E-state index in [4.69, 9.17) is 4.74 Å². The van der Waals surface area contributed by atoms with Crippen LogP contribution in [0.25, 0.3) is 0 Å². The van der Waals surface area contributed by atoms with Gasteiger partial charge in [0.15, 0.2) is 5.96 Å². The van der Waals surface area contributed by atoms with Gasteiger partial charge in [0, 0.05) is 25.1 Å². The molecule has 1 heterocycles. The normalized spacial score (nSPS) is 23.1. The Bertz CT molecular complexity index is 742. The Hall–Kier alpha value is -1.51. The molecule has 4 rings (SSSR count). The van der Waals surface area contributed by atoms with Crippen LogP contribution in [-0.4, -0.2) is 37.1 Å². The minimum absolute atomic E-state index is 0. The minimum atomic E-state index is -0.0662. The molecule has 1 unspecified atom stereocenters. The molecule has 7 heteroatoms. The first-order valence-electron chi connectivity index (χ1n) is 11.2. The van der Waals surface area contributed by atoms with Crippen molar-refractivity contribution < 1.29 is 9.53 Å². The molecule has 0 radical (unpaired) electrons. The summed E-state index contributed by atoms with van der Waals surface area (Å²) in [5, 5.41) is 9.91. The summed E-state index contributed by atoms with van der Waals surface area (Å²) >= 11 is 0. The van der Waals surface area contributed by atoms with Gasteiger partial charge < -0.3 is 20.7 Å². The zero-order valence-electron chi connectivity index (χ0n) is 17.9. The Labute approximate surface area is 197 Å². The fraction of sp³-hybridized carbons (Fsp3) is 0.652. The van der Waals surface area contributed by atoms with Crippen LogP contribution in [-0.2, 0) is 4.79 Å². The maximum atomic E-state index is 12.3. The molecule has 1 atom stereocenters. The standard InChI is InChI=1S/C23H34N4O2.HI/c1-24-22(25-16-21(28)26-17-9-3-2-4-10-17)27-19-15-23(13-7-8-14-23)29-20-12-6-5-11-18(19)20;/h5-6,11-12,17,19H,2-4,7-10,13-16H2,1H3,(H,26,28)(H2,24,25,27);1H. The van der Waals surface area contributed by atoms with E-state index in [1.807, 2.05) is 6.07 Å². The number of carbonyl (C=O) groups excluding carboxylic acids is 1. The minimum Gasteiger partial charge on any atom is -0.487 e. The highest BCUT2D eigenvalue weighted by atomic mass is 127. The van der Waals surface area contributed by atoms with Crippen LogP contribution < -0.4 is 20.7 Å². The average molecular weight is 526 g/mol. The van der Waals surface area contributed by atoms with E-state index in [9.17, 15) is 4.79 Å². The van der Waals surface area contributed by atoms with Crippen molar-refractivity contribution in [2.24, 2.45) is 4.99 Å². The summed E-state index contributed by atoms with van der Waals surface area (Å²) in [5.41, 5.74) is 1.10. The van der Waals surface area contributed by atoms with Crippen molar-refractivity contribution in [3.63, 3.8) is 0 Å². The van der Waals surface area contributed by atoms with Crippen LogP contribution in [0.3, 0.4) is 0 Å². The first-order valence-corrected chi connectivity index (χ1v) is 11.2. The lowest BCUT2D eigenvalue weighted by molar-refractivity contribution is -0.120. The molecule has 1 amide bonds. The van der Waals surface area contributed by atoms with Gasteiger partial charge in [0.1, 0.15) is 11.4 Å². The highest BCUT2D eigenvalue weighted by Gasteiger charge is 2.43. The predicted octanol–water partition coefficient (Wildman–Crippen LogP) is 4.05. The van der Waals surface area contributed by atoms with Gasteiger partial charge in [-0.1, -0.05) is 37.5 Å². The fourth-order valence-electron chi connectivity index (χ4n) is 5.12. The quantitative estimate of drug-likeness (QED) is 0.315. The first kappa shape index (κ1) is 23.2. The Morgan fingerprint density at radius 1 is 1.10 bits per heavy atom. The SMILES string of the molecule is CN=C(NCC(=O)NC1CCCCC1)NC1CC2(CCCC2)Oc2ccccc21.I. The van der Waals surface area contributed by atoms with Gasteiger partial charge in [0.05, 0.1) is 12.6 Å². The van der Waals surface area contributed by atoms with Gasteiger partial charge >= 0.3 is 0 Å². The molecular weight excluding hydrogens is 491 g/mol. The second-order valence-electron chi connectivity index (χ2n) is 8.76. The van der Waals surface area contributed by atoms with Crippen LogP contribution in [0.2, 0.25) is 0 Å². The number of guanidine groups is 1. The summed E-state index contributed by atoms with van der Waals surface area (Å²) in [6.07, 6.45) is 11.5. The van der Waals surface area contributed by atoms with E-state index in [1.54, 1.807) is 7.05 Å². The topological polar surface area (TPSA) is 74.8 Å².